The van der Waals surface area contributed by atoms with Crippen LogP contribution in [0, 0.1) is 0 Å². The molecule has 2 N–H and O–H groups in total. The van der Waals surface area contributed by atoms with Crippen LogP contribution in [-0.2, 0) is 6.42 Å². The molecular weight excluding hydrogens is 425 g/mol. The lowest BCUT2D eigenvalue weighted by Crippen LogP contribution is -2.25. The number of ether oxygens (including phenoxy) is 2. The molecule has 0 aliphatic carbocycles. The molecule has 0 saturated carbocycles. The third-order valence-corrected chi connectivity index (χ3v) is 5.13. The summed E-state index contributed by atoms with van der Waals surface area (Å²) in [6, 6.07) is 1.86. The number of hydrogen-bond donors (Lipinski definition) is 2. The first-order chi connectivity index (χ1) is 15.4. The van der Waals surface area contributed by atoms with E-state index in [0.717, 1.165) is 22.1 Å². The van der Waals surface area contributed by atoms with Crippen molar-refractivity contribution in [2.45, 2.75) is 25.4 Å². The molecule has 32 heavy (non-hydrogen) atoms. The van der Waals surface area contributed by atoms with E-state index in [4.69, 9.17) is 9.47 Å². The lowest BCUT2D eigenvalue weighted by atomic mass is 10.1. The zero-order valence-corrected chi connectivity index (χ0v) is 17.5. The molecule has 3 aromatic rings. The van der Waals surface area contributed by atoms with Gasteiger partial charge >= 0.3 is 6.18 Å². The van der Waals surface area contributed by atoms with Crippen LogP contribution in [0.5, 0.6) is 11.6 Å². The van der Waals surface area contributed by atoms with E-state index in [1.807, 2.05) is 12.3 Å². The number of rotatable bonds is 7. The number of aromatic amines is 1. The van der Waals surface area contributed by atoms with E-state index in [1.54, 1.807) is 13.3 Å². The number of anilines is 1. The van der Waals surface area contributed by atoms with Gasteiger partial charge < -0.3 is 19.8 Å². The van der Waals surface area contributed by atoms with Crippen molar-refractivity contribution in [3.05, 3.63) is 47.7 Å². The number of aliphatic imine (C=N–C) groups is 1. The topological polar surface area (TPSA) is 97.3 Å². The van der Waals surface area contributed by atoms with Crippen molar-refractivity contribution < 1.29 is 22.6 Å². The molecule has 0 atom stereocenters. The second-order valence-corrected chi connectivity index (χ2v) is 7.21. The SMILES string of the molecule is COc1cc(Cc2c[nH]c3ncnc(OC)c23)cnc1NCC1=CN=C(C(F)(F)F)CC1. The van der Waals surface area contributed by atoms with Crippen molar-refractivity contribution in [3.8, 4) is 11.6 Å². The highest BCUT2D eigenvalue weighted by Gasteiger charge is 2.35. The standard InChI is InChI=1S/C21H21F3N6O2/c1-31-15-6-13(5-14-10-28-19-17(14)20(32-2)30-11-29-19)9-27-18(15)26-8-12-3-4-16(25-7-12)21(22,23)24/h6-7,9-11H,3-5,8H2,1-2H3,(H,26,27)(H,28,29,30). The number of H-pyrrole nitrogens is 1. The van der Waals surface area contributed by atoms with Crippen LogP contribution in [0.25, 0.3) is 11.0 Å². The van der Waals surface area contributed by atoms with Gasteiger partial charge in [-0.3, -0.25) is 4.99 Å². The van der Waals surface area contributed by atoms with Crippen molar-refractivity contribution in [3.63, 3.8) is 0 Å². The lowest BCUT2D eigenvalue weighted by molar-refractivity contribution is -0.0606. The van der Waals surface area contributed by atoms with Crippen LogP contribution in [0.4, 0.5) is 19.0 Å². The molecule has 8 nitrogen and oxygen atoms in total. The zero-order chi connectivity index (χ0) is 22.7. The molecule has 1 aliphatic heterocycles. The van der Waals surface area contributed by atoms with Crippen molar-refractivity contribution in [2.75, 3.05) is 26.1 Å². The minimum atomic E-state index is -4.38. The first-order valence-electron chi connectivity index (χ1n) is 9.82. The maximum Gasteiger partial charge on any atom is 0.429 e. The van der Waals surface area contributed by atoms with Gasteiger partial charge in [0.2, 0.25) is 5.88 Å². The Bertz CT molecular complexity index is 1190. The molecule has 0 unspecified atom stereocenters. The Balaban J connectivity index is 1.48. The summed E-state index contributed by atoms with van der Waals surface area (Å²) in [7, 11) is 3.09. The maximum atomic E-state index is 12.7. The van der Waals surface area contributed by atoms with Crippen LogP contribution >= 0.6 is 0 Å². The molecule has 1 aliphatic rings. The van der Waals surface area contributed by atoms with Gasteiger partial charge in [-0.25, -0.2) is 15.0 Å². The molecule has 4 heterocycles. The second-order valence-electron chi connectivity index (χ2n) is 7.21. The number of methoxy groups -OCH3 is 2. The predicted octanol–water partition coefficient (Wildman–Crippen LogP) is 4.05. The van der Waals surface area contributed by atoms with Crippen LogP contribution in [0.1, 0.15) is 24.0 Å². The molecular formula is C21H21F3N6O2. The fraction of sp³-hybridized carbons (Fsp3) is 0.333. The van der Waals surface area contributed by atoms with E-state index < -0.39 is 11.9 Å². The van der Waals surface area contributed by atoms with Gasteiger partial charge in [-0.2, -0.15) is 13.2 Å². The molecule has 3 aromatic heterocycles. The summed E-state index contributed by atoms with van der Waals surface area (Å²) in [5.74, 6) is 1.52. The molecule has 0 fully saturated rings. The summed E-state index contributed by atoms with van der Waals surface area (Å²) >= 11 is 0. The summed E-state index contributed by atoms with van der Waals surface area (Å²) in [5.41, 5.74) is 2.54. The van der Waals surface area contributed by atoms with Gasteiger partial charge in [0.25, 0.3) is 0 Å². The summed E-state index contributed by atoms with van der Waals surface area (Å²) < 4.78 is 48.9. The molecule has 0 aromatic carbocycles. The Kier molecular flexibility index (Phi) is 5.97. The van der Waals surface area contributed by atoms with E-state index in [1.165, 1.54) is 19.6 Å². The number of hydrogen-bond acceptors (Lipinski definition) is 7. The molecule has 0 bridgehead atoms. The number of fused-ring (bicyclic) bond motifs is 1. The Hall–Kier alpha value is -3.63. The fourth-order valence-electron chi connectivity index (χ4n) is 3.50. The minimum Gasteiger partial charge on any atom is -0.493 e. The summed E-state index contributed by atoms with van der Waals surface area (Å²) in [6.45, 7) is 0.328. The van der Waals surface area contributed by atoms with Crippen molar-refractivity contribution >= 4 is 22.6 Å². The van der Waals surface area contributed by atoms with E-state index in [2.05, 4.69) is 30.2 Å². The van der Waals surface area contributed by atoms with Gasteiger partial charge in [-0.1, -0.05) is 0 Å². The van der Waals surface area contributed by atoms with Crippen molar-refractivity contribution in [2.24, 2.45) is 4.99 Å². The maximum absolute atomic E-state index is 12.7. The number of halogens is 3. The van der Waals surface area contributed by atoms with Gasteiger partial charge in [0.05, 0.1) is 19.6 Å². The zero-order valence-electron chi connectivity index (χ0n) is 17.5. The monoisotopic (exact) mass is 446 g/mol. The van der Waals surface area contributed by atoms with Crippen LogP contribution in [0.2, 0.25) is 0 Å². The average Bonchev–Trinajstić information content (AvgIpc) is 3.20. The summed E-state index contributed by atoms with van der Waals surface area (Å²) in [4.78, 5) is 19.5. The third-order valence-electron chi connectivity index (χ3n) is 5.13. The molecule has 0 spiro atoms. The van der Waals surface area contributed by atoms with Crippen LogP contribution in [0.3, 0.4) is 0 Å². The Labute approximate surface area is 181 Å². The highest BCUT2D eigenvalue weighted by Crippen LogP contribution is 2.30. The van der Waals surface area contributed by atoms with Gasteiger partial charge in [0, 0.05) is 31.6 Å². The molecule has 0 radical (unpaired) electrons. The summed E-state index contributed by atoms with van der Waals surface area (Å²) in [6.07, 6.45) is 2.61. The van der Waals surface area contributed by atoms with E-state index in [9.17, 15) is 13.2 Å². The molecule has 11 heteroatoms. The lowest BCUT2D eigenvalue weighted by Gasteiger charge is -2.17. The van der Waals surface area contributed by atoms with Gasteiger partial charge in [-0.05, 0) is 35.6 Å². The van der Waals surface area contributed by atoms with Gasteiger partial charge in [-0.15, -0.1) is 0 Å². The number of pyridine rings is 1. The van der Waals surface area contributed by atoms with Crippen molar-refractivity contribution in [1.82, 2.24) is 19.9 Å². The molecule has 0 amide bonds. The Morgan fingerprint density at radius 2 is 1.97 bits per heavy atom. The van der Waals surface area contributed by atoms with E-state index in [0.29, 0.717) is 36.1 Å². The first-order valence-corrected chi connectivity index (χ1v) is 9.82. The Morgan fingerprint density at radius 1 is 1.12 bits per heavy atom. The van der Waals surface area contributed by atoms with Crippen molar-refractivity contribution in [1.29, 1.82) is 0 Å². The fourth-order valence-corrected chi connectivity index (χ4v) is 3.50. The smallest absolute Gasteiger partial charge is 0.429 e. The van der Waals surface area contributed by atoms with E-state index in [-0.39, 0.29) is 12.8 Å². The predicted molar refractivity (Wildman–Crippen MR) is 113 cm³/mol. The highest BCUT2D eigenvalue weighted by molar-refractivity contribution is 5.91. The van der Waals surface area contributed by atoms with E-state index >= 15 is 0 Å². The first kappa shape index (κ1) is 21.6. The average molecular weight is 446 g/mol. The normalized spacial score (nSPS) is 14.2. The molecule has 4 rings (SSSR count). The highest BCUT2D eigenvalue weighted by atomic mass is 19.4. The molecule has 0 saturated heterocycles. The number of nitrogens with one attached hydrogen (secondary N) is 2. The third kappa shape index (κ3) is 4.51. The van der Waals surface area contributed by atoms with Crippen LogP contribution < -0.4 is 14.8 Å². The number of alkyl halides is 3. The minimum absolute atomic E-state index is 0.127. The Morgan fingerprint density at radius 3 is 2.66 bits per heavy atom. The second kappa shape index (κ2) is 8.85. The van der Waals surface area contributed by atoms with Crippen LogP contribution in [0.15, 0.2) is 41.6 Å². The number of aromatic nitrogens is 4. The van der Waals surface area contributed by atoms with Gasteiger partial charge in [0.1, 0.15) is 17.7 Å². The van der Waals surface area contributed by atoms with Gasteiger partial charge in [0.15, 0.2) is 11.6 Å². The van der Waals surface area contributed by atoms with Crippen LogP contribution in [-0.4, -0.2) is 52.6 Å². The quantitative estimate of drug-likeness (QED) is 0.568. The number of nitrogens with zero attached hydrogens (tertiary/aromatic N) is 4. The largest absolute Gasteiger partial charge is 0.493 e. The molecule has 168 valence electrons. The summed E-state index contributed by atoms with van der Waals surface area (Å²) in [5, 5.41) is 3.93.